The van der Waals surface area contributed by atoms with Crippen LogP contribution in [0.3, 0.4) is 0 Å². The van der Waals surface area contributed by atoms with E-state index in [0.29, 0.717) is 0 Å². The van der Waals surface area contributed by atoms with Gasteiger partial charge in [0, 0.05) is 6.04 Å². The lowest BCUT2D eigenvalue weighted by Gasteiger charge is -2.31. The summed E-state index contributed by atoms with van der Waals surface area (Å²) in [5.41, 5.74) is -1.70. The highest BCUT2D eigenvalue weighted by Gasteiger charge is 2.36. The van der Waals surface area contributed by atoms with E-state index in [1.54, 1.807) is 34.6 Å². The topological polar surface area (TPSA) is 55.4 Å². The number of hydrogen-bond acceptors (Lipinski definition) is 3. The van der Waals surface area contributed by atoms with Crippen LogP contribution in [0.1, 0.15) is 66.7 Å². The maximum Gasteiger partial charge on any atom is 0.312 e. The minimum absolute atomic E-state index is 0.197. The molecule has 0 aromatic heterocycles. The number of rotatable bonds is 3. The fourth-order valence-electron chi connectivity index (χ4n) is 2.04. The standard InChI is InChI=1S/C15H27NO3/c1-14(2,3)13(18)19-15(4,5)12(17)16-11-9-7-6-8-10-11/h11H,6-10H2,1-5H3,(H,16,17). The van der Waals surface area contributed by atoms with E-state index in [-0.39, 0.29) is 17.9 Å². The Bertz CT molecular complexity index is 336. The normalized spacial score (nSPS) is 17.9. The summed E-state index contributed by atoms with van der Waals surface area (Å²) in [6.07, 6.45) is 5.61. The third-order valence-corrected chi connectivity index (χ3v) is 3.45. The highest BCUT2D eigenvalue weighted by atomic mass is 16.6. The molecule has 1 amide bonds. The van der Waals surface area contributed by atoms with Gasteiger partial charge in [0.05, 0.1) is 5.41 Å². The van der Waals surface area contributed by atoms with Gasteiger partial charge in [0.15, 0.2) is 5.60 Å². The Hall–Kier alpha value is -1.06. The maximum absolute atomic E-state index is 12.2. The van der Waals surface area contributed by atoms with Crippen molar-refractivity contribution >= 4 is 11.9 Å². The van der Waals surface area contributed by atoms with Gasteiger partial charge in [-0.1, -0.05) is 19.3 Å². The van der Waals surface area contributed by atoms with Crippen molar-refractivity contribution in [3.63, 3.8) is 0 Å². The van der Waals surface area contributed by atoms with Crippen LogP contribution in [0.15, 0.2) is 0 Å². The van der Waals surface area contributed by atoms with Crippen LogP contribution >= 0.6 is 0 Å². The van der Waals surface area contributed by atoms with E-state index in [1.165, 1.54) is 6.42 Å². The van der Waals surface area contributed by atoms with E-state index in [1.807, 2.05) is 0 Å². The summed E-state index contributed by atoms with van der Waals surface area (Å²) < 4.78 is 5.35. The SMILES string of the molecule is CC(C)(C)C(=O)OC(C)(C)C(=O)NC1CCCCC1. The van der Waals surface area contributed by atoms with Gasteiger partial charge in [-0.2, -0.15) is 0 Å². The summed E-state index contributed by atoms with van der Waals surface area (Å²) in [5, 5.41) is 3.00. The van der Waals surface area contributed by atoms with Crippen molar-refractivity contribution in [1.82, 2.24) is 5.32 Å². The molecule has 0 aliphatic heterocycles. The summed E-state index contributed by atoms with van der Waals surface area (Å²) in [5.74, 6) is -0.548. The molecule has 19 heavy (non-hydrogen) atoms. The second-order valence-electron chi connectivity index (χ2n) is 6.96. The Morgan fingerprint density at radius 1 is 1.00 bits per heavy atom. The molecule has 0 aromatic carbocycles. The molecule has 4 nitrogen and oxygen atoms in total. The molecule has 0 saturated heterocycles. The first kappa shape index (κ1) is 16.0. The summed E-state index contributed by atoms with van der Waals surface area (Å²) >= 11 is 0. The zero-order valence-corrected chi connectivity index (χ0v) is 12.8. The zero-order chi connectivity index (χ0) is 14.7. The van der Waals surface area contributed by atoms with Crippen LogP contribution in [0.2, 0.25) is 0 Å². The molecule has 0 aromatic rings. The molecular weight excluding hydrogens is 242 g/mol. The third kappa shape index (κ3) is 4.84. The number of hydrogen-bond donors (Lipinski definition) is 1. The molecule has 4 heteroatoms. The molecule has 0 unspecified atom stereocenters. The van der Waals surface area contributed by atoms with Crippen molar-refractivity contribution in [3.05, 3.63) is 0 Å². The van der Waals surface area contributed by atoms with Gasteiger partial charge in [-0.3, -0.25) is 9.59 Å². The van der Waals surface area contributed by atoms with Crippen molar-refractivity contribution in [2.24, 2.45) is 5.41 Å². The quantitative estimate of drug-likeness (QED) is 0.802. The van der Waals surface area contributed by atoms with Gasteiger partial charge in [0.1, 0.15) is 0 Å². The first-order valence-electron chi connectivity index (χ1n) is 7.17. The summed E-state index contributed by atoms with van der Waals surface area (Å²) in [6, 6.07) is 0.230. The number of esters is 1. The number of carbonyl (C=O) groups excluding carboxylic acids is 2. The number of amides is 1. The van der Waals surface area contributed by atoms with E-state index in [0.717, 1.165) is 25.7 Å². The van der Waals surface area contributed by atoms with Gasteiger partial charge in [-0.15, -0.1) is 0 Å². The van der Waals surface area contributed by atoms with Crippen LogP contribution in [0.5, 0.6) is 0 Å². The van der Waals surface area contributed by atoms with Gasteiger partial charge in [0.25, 0.3) is 5.91 Å². The highest BCUT2D eigenvalue weighted by molar-refractivity contribution is 5.88. The van der Waals surface area contributed by atoms with Crippen molar-refractivity contribution in [3.8, 4) is 0 Å². The second-order valence-corrected chi connectivity index (χ2v) is 6.96. The predicted molar refractivity (Wildman–Crippen MR) is 74.6 cm³/mol. The molecule has 0 heterocycles. The largest absolute Gasteiger partial charge is 0.449 e. The first-order chi connectivity index (χ1) is 8.63. The molecule has 0 spiro atoms. The number of nitrogens with one attached hydrogen (secondary N) is 1. The molecule has 1 aliphatic rings. The number of carbonyl (C=O) groups is 2. The van der Waals surface area contributed by atoms with Crippen molar-refractivity contribution in [1.29, 1.82) is 0 Å². The molecule has 1 saturated carbocycles. The monoisotopic (exact) mass is 269 g/mol. The van der Waals surface area contributed by atoms with E-state index >= 15 is 0 Å². The van der Waals surface area contributed by atoms with Crippen LogP contribution in [-0.4, -0.2) is 23.5 Å². The van der Waals surface area contributed by atoms with Crippen molar-refractivity contribution in [2.75, 3.05) is 0 Å². The molecule has 1 aliphatic carbocycles. The zero-order valence-electron chi connectivity index (χ0n) is 12.8. The molecule has 1 fully saturated rings. The summed E-state index contributed by atoms with van der Waals surface area (Å²) in [7, 11) is 0. The average molecular weight is 269 g/mol. The Balaban J connectivity index is 2.55. The van der Waals surface area contributed by atoms with Gasteiger partial charge in [-0.05, 0) is 47.5 Å². The molecule has 110 valence electrons. The van der Waals surface area contributed by atoms with Gasteiger partial charge in [0.2, 0.25) is 0 Å². The van der Waals surface area contributed by atoms with Gasteiger partial charge < -0.3 is 10.1 Å². The Labute approximate surface area is 116 Å². The van der Waals surface area contributed by atoms with Gasteiger partial charge in [-0.25, -0.2) is 0 Å². The molecule has 0 radical (unpaired) electrons. The van der Waals surface area contributed by atoms with E-state index < -0.39 is 11.0 Å². The minimum Gasteiger partial charge on any atom is -0.449 e. The van der Waals surface area contributed by atoms with E-state index in [4.69, 9.17) is 4.74 Å². The Morgan fingerprint density at radius 3 is 2.00 bits per heavy atom. The summed E-state index contributed by atoms with van der Waals surface area (Å²) in [6.45, 7) is 8.64. The lowest BCUT2D eigenvalue weighted by atomic mass is 9.94. The molecule has 1 rings (SSSR count). The van der Waals surface area contributed by atoms with Crippen molar-refractivity contribution < 1.29 is 14.3 Å². The van der Waals surface area contributed by atoms with Crippen LogP contribution in [-0.2, 0) is 14.3 Å². The predicted octanol–water partition coefficient (Wildman–Crippen LogP) is 2.80. The first-order valence-corrected chi connectivity index (χ1v) is 7.17. The second kappa shape index (κ2) is 5.93. The lowest BCUT2D eigenvalue weighted by Crippen LogP contribution is -2.50. The Morgan fingerprint density at radius 2 is 1.53 bits per heavy atom. The molecule has 0 atom stereocenters. The Kier molecular flexibility index (Phi) is 4.99. The smallest absolute Gasteiger partial charge is 0.312 e. The summed E-state index contributed by atoms with van der Waals surface area (Å²) in [4.78, 5) is 24.1. The van der Waals surface area contributed by atoms with E-state index in [9.17, 15) is 9.59 Å². The average Bonchev–Trinajstić information content (AvgIpc) is 2.28. The lowest BCUT2D eigenvalue weighted by molar-refractivity contribution is -0.172. The van der Waals surface area contributed by atoms with Gasteiger partial charge >= 0.3 is 5.97 Å². The molecule has 0 bridgehead atoms. The molecule has 1 N–H and O–H groups in total. The third-order valence-electron chi connectivity index (χ3n) is 3.45. The fourth-order valence-corrected chi connectivity index (χ4v) is 2.04. The van der Waals surface area contributed by atoms with Crippen LogP contribution in [0, 0.1) is 5.41 Å². The maximum atomic E-state index is 12.2. The van der Waals surface area contributed by atoms with Crippen LogP contribution in [0.25, 0.3) is 0 Å². The highest BCUT2D eigenvalue weighted by Crippen LogP contribution is 2.22. The molecular formula is C15H27NO3. The minimum atomic E-state index is -1.11. The fraction of sp³-hybridized carbons (Fsp3) is 0.867. The van der Waals surface area contributed by atoms with Crippen molar-refractivity contribution in [2.45, 2.75) is 78.4 Å². The van der Waals surface area contributed by atoms with Crippen LogP contribution < -0.4 is 5.32 Å². The van der Waals surface area contributed by atoms with Crippen LogP contribution in [0.4, 0.5) is 0 Å². The number of ether oxygens (including phenoxy) is 1. The van der Waals surface area contributed by atoms with E-state index in [2.05, 4.69) is 5.32 Å².